The zero-order chi connectivity index (χ0) is 8.39. The summed E-state index contributed by atoms with van der Waals surface area (Å²) in [6, 6.07) is 2.69. The molecule has 1 N–H and O–H groups in total. The fourth-order valence-corrected chi connectivity index (χ4v) is 1.30. The summed E-state index contributed by atoms with van der Waals surface area (Å²) in [6.45, 7) is 0.887. The van der Waals surface area contributed by atoms with Crippen molar-refractivity contribution in [2.24, 2.45) is 0 Å². The van der Waals surface area contributed by atoms with Gasteiger partial charge < -0.3 is 5.32 Å². The number of pyridine rings is 1. The van der Waals surface area contributed by atoms with Gasteiger partial charge in [0.1, 0.15) is 0 Å². The van der Waals surface area contributed by atoms with Crippen LogP contribution >= 0.6 is 11.6 Å². The lowest BCUT2D eigenvalue weighted by atomic mass is 10.3. The first-order chi connectivity index (χ1) is 5.84. The van der Waals surface area contributed by atoms with Crippen LogP contribution in [0.4, 0.5) is 0 Å². The van der Waals surface area contributed by atoms with Crippen LogP contribution < -0.4 is 5.32 Å². The Kier molecular flexibility index (Phi) is 2.28. The fraction of sp³-hybridized carbons (Fsp3) is 0.444. The van der Waals surface area contributed by atoms with E-state index in [9.17, 15) is 0 Å². The van der Waals surface area contributed by atoms with Gasteiger partial charge in [0.25, 0.3) is 0 Å². The highest BCUT2D eigenvalue weighted by Gasteiger charge is 2.19. The van der Waals surface area contributed by atoms with Crippen LogP contribution in [0.2, 0.25) is 5.02 Å². The topological polar surface area (TPSA) is 24.9 Å². The number of nitrogens with zero attached hydrogens (tertiary/aromatic N) is 1. The van der Waals surface area contributed by atoms with Gasteiger partial charge >= 0.3 is 0 Å². The van der Waals surface area contributed by atoms with Gasteiger partial charge in [-0.05, 0) is 24.5 Å². The van der Waals surface area contributed by atoms with Gasteiger partial charge in [0.15, 0.2) is 0 Å². The highest BCUT2D eigenvalue weighted by molar-refractivity contribution is 6.30. The molecule has 1 saturated carbocycles. The first-order valence-corrected chi connectivity index (χ1v) is 4.55. The van der Waals surface area contributed by atoms with E-state index in [0.717, 1.165) is 18.2 Å². The van der Waals surface area contributed by atoms with Crippen molar-refractivity contribution in [2.75, 3.05) is 0 Å². The molecule has 12 heavy (non-hydrogen) atoms. The number of rotatable bonds is 3. The molecule has 0 saturated heterocycles. The van der Waals surface area contributed by atoms with Crippen LogP contribution in [0.3, 0.4) is 0 Å². The van der Waals surface area contributed by atoms with Gasteiger partial charge in [0.05, 0.1) is 5.02 Å². The molecular weight excluding hydrogens is 172 g/mol. The highest BCUT2D eigenvalue weighted by Crippen LogP contribution is 2.19. The first-order valence-electron chi connectivity index (χ1n) is 4.17. The molecule has 0 amide bonds. The third kappa shape index (κ3) is 2.19. The van der Waals surface area contributed by atoms with Crippen molar-refractivity contribution >= 4 is 11.6 Å². The minimum Gasteiger partial charge on any atom is -0.310 e. The molecular formula is C9H11ClN2. The standard InChI is InChI=1S/C9H11ClN2/c10-8-3-7(4-11-6-8)5-12-9-1-2-9/h3-4,6,9,12H,1-2,5H2. The molecule has 64 valence electrons. The lowest BCUT2D eigenvalue weighted by Crippen LogP contribution is -2.15. The van der Waals surface area contributed by atoms with E-state index >= 15 is 0 Å². The van der Waals surface area contributed by atoms with Gasteiger partial charge in [0.2, 0.25) is 0 Å². The maximum absolute atomic E-state index is 5.79. The molecule has 3 heteroatoms. The summed E-state index contributed by atoms with van der Waals surface area (Å²) in [7, 11) is 0. The number of hydrogen-bond acceptors (Lipinski definition) is 2. The number of nitrogens with one attached hydrogen (secondary N) is 1. The van der Waals surface area contributed by atoms with E-state index < -0.39 is 0 Å². The molecule has 0 radical (unpaired) electrons. The lowest BCUT2D eigenvalue weighted by molar-refractivity contribution is 0.686. The number of hydrogen-bond donors (Lipinski definition) is 1. The Morgan fingerprint density at radius 2 is 2.33 bits per heavy atom. The molecule has 0 unspecified atom stereocenters. The predicted octanol–water partition coefficient (Wildman–Crippen LogP) is 1.99. The normalized spacial score (nSPS) is 16.4. The van der Waals surface area contributed by atoms with Crippen LogP contribution in [0.1, 0.15) is 18.4 Å². The van der Waals surface area contributed by atoms with E-state index in [1.807, 2.05) is 12.3 Å². The second-order valence-corrected chi connectivity index (χ2v) is 3.60. The zero-order valence-electron chi connectivity index (χ0n) is 6.76. The zero-order valence-corrected chi connectivity index (χ0v) is 7.51. The van der Waals surface area contributed by atoms with E-state index in [1.54, 1.807) is 6.20 Å². The summed E-state index contributed by atoms with van der Waals surface area (Å²) in [6.07, 6.45) is 6.13. The van der Waals surface area contributed by atoms with E-state index in [0.29, 0.717) is 5.02 Å². The lowest BCUT2D eigenvalue weighted by Gasteiger charge is -2.01. The smallest absolute Gasteiger partial charge is 0.0592 e. The molecule has 2 rings (SSSR count). The SMILES string of the molecule is Clc1cncc(CNC2CC2)c1. The van der Waals surface area contributed by atoms with Gasteiger partial charge in [0, 0.05) is 25.0 Å². The Hall–Kier alpha value is -0.600. The molecule has 1 aromatic rings. The van der Waals surface area contributed by atoms with Crippen LogP contribution in [0.5, 0.6) is 0 Å². The summed E-state index contributed by atoms with van der Waals surface area (Å²) in [5.74, 6) is 0. The van der Waals surface area contributed by atoms with E-state index in [2.05, 4.69) is 10.3 Å². The summed E-state index contributed by atoms with van der Waals surface area (Å²) >= 11 is 5.79. The Morgan fingerprint density at radius 3 is 3.00 bits per heavy atom. The van der Waals surface area contributed by atoms with Gasteiger partial charge in [-0.1, -0.05) is 11.6 Å². The van der Waals surface area contributed by atoms with Gasteiger partial charge in [-0.15, -0.1) is 0 Å². The summed E-state index contributed by atoms with van der Waals surface area (Å²) in [5.41, 5.74) is 1.16. The van der Waals surface area contributed by atoms with Crippen molar-refractivity contribution in [1.82, 2.24) is 10.3 Å². The van der Waals surface area contributed by atoms with Crippen LogP contribution in [0.25, 0.3) is 0 Å². The molecule has 1 aliphatic rings. The minimum atomic E-state index is 0.713. The molecule has 1 heterocycles. The Morgan fingerprint density at radius 1 is 1.50 bits per heavy atom. The monoisotopic (exact) mass is 182 g/mol. The second-order valence-electron chi connectivity index (χ2n) is 3.17. The van der Waals surface area contributed by atoms with E-state index in [1.165, 1.54) is 12.8 Å². The quantitative estimate of drug-likeness (QED) is 0.774. The number of aromatic nitrogens is 1. The third-order valence-electron chi connectivity index (χ3n) is 1.93. The average molecular weight is 183 g/mol. The Labute approximate surface area is 77.0 Å². The van der Waals surface area contributed by atoms with Crippen LogP contribution in [0.15, 0.2) is 18.5 Å². The van der Waals surface area contributed by atoms with Crippen molar-refractivity contribution in [1.29, 1.82) is 0 Å². The van der Waals surface area contributed by atoms with E-state index in [4.69, 9.17) is 11.6 Å². The minimum absolute atomic E-state index is 0.713. The predicted molar refractivity (Wildman–Crippen MR) is 49.1 cm³/mol. The largest absolute Gasteiger partial charge is 0.310 e. The molecule has 0 spiro atoms. The van der Waals surface area contributed by atoms with Crippen LogP contribution in [-0.4, -0.2) is 11.0 Å². The molecule has 0 aromatic carbocycles. The summed E-state index contributed by atoms with van der Waals surface area (Å²) in [5, 5.41) is 4.11. The summed E-state index contributed by atoms with van der Waals surface area (Å²) < 4.78 is 0. The maximum atomic E-state index is 5.79. The van der Waals surface area contributed by atoms with Crippen molar-refractivity contribution in [3.63, 3.8) is 0 Å². The molecule has 2 nitrogen and oxygen atoms in total. The molecule has 1 aliphatic carbocycles. The summed E-state index contributed by atoms with van der Waals surface area (Å²) in [4.78, 5) is 4.01. The van der Waals surface area contributed by atoms with Crippen molar-refractivity contribution in [3.8, 4) is 0 Å². The molecule has 1 aromatic heterocycles. The van der Waals surface area contributed by atoms with Crippen molar-refractivity contribution < 1.29 is 0 Å². The fourth-order valence-electron chi connectivity index (χ4n) is 1.10. The van der Waals surface area contributed by atoms with Gasteiger partial charge in [-0.25, -0.2) is 0 Å². The average Bonchev–Trinajstić information content (AvgIpc) is 2.84. The molecule has 0 bridgehead atoms. The second kappa shape index (κ2) is 3.42. The maximum Gasteiger partial charge on any atom is 0.0592 e. The van der Waals surface area contributed by atoms with Crippen LogP contribution in [-0.2, 0) is 6.54 Å². The van der Waals surface area contributed by atoms with Gasteiger partial charge in [-0.3, -0.25) is 4.98 Å². The van der Waals surface area contributed by atoms with Gasteiger partial charge in [-0.2, -0.15) is 0 Å². The molecule has 1 fully saturated rings. The van der Waals surface area contributed by atoms with Crippen LogP contribution in [0, 0.1) is 0 Å². The third-order valence-corrected chi connectivity index (χ3v) is 2.14. The van der Waals surface area contributed by atoms with Crippen molar-refractivity contribution in [2.45, 2.75) is 25.4 Å². The number of halogens is 1. The Bertz CT molecular complexity index is 271. The Balaban J connectivity index is 1.92. The highest BCUT2D eigenvalue weighted by atomic mass is 35.5. The molecule has 0 atom stereocenters. The molecule has 0 aliphatic heterocycles. The van der Waals surface area contributed by atoms with E-state index in [-0.39, 0.29) is 0 Å². The van der Waals surface area contributed by atoms with Crippen molar-refractivity contribution in [3.05, 3.63) is 29.0 Å². The first kappa shape index (κ1) is 8.02.